The van der Waals surface area contributed by atoms with Crippen molar-refractivity contribution in [2.24, 2.45) is 5.92 Å². The van der Waals surface area contributed by atoms with E-state index in [1.165, 1.54) is 12.1 Å². The van der Waals surface area contributed by atoms with Crippen LogP contribution in [0.25, 0.3) is 0 Å². The number of nitrogens with zero attached hydrogens (tertiary/aromatic N) is 1. The first-order valence-corrected chi connectivity index (χ1v) is 9.51. The van der Waals surface area contributed by atoms with E-state index >= 15 is 0 Å². The Hall–Kier alpha value is -1.92. The number of hydrogen-bond acceptors (Lipinski definition) is 2. The van der Waals surface area contributed by atoms with Crippen molar-refractivity contribution in [1.82, 2.24) is 0 Å². The second kappa shape index (κ2) is 8.21. The van der Waals surface area contributed by atoms with Gasteiger partial charge < -0.3 is 10.0 Å². The average Bonchev–Trinajstić information content (AvgIpc) is 2.59. The molecule has 150 valence electrons. The Balaban J connectivity index is 1.95. The first-order valence-electron chi connectivity index (χ1n) is 8.75. The molecule has 0 aliphatic carbocycles. The van der Waals surface area contributed by atoms with Crippen LogP contribution in [0, 0.1) is 5.92 Å². The first kappa shape index (κ1) is 20.8. The Bertz CT molecular complexity index is 835. The lowest BCUT2D eigenvalue weighted by Gasteiger charge is -2.41. The molecule has 8 heteroatoms. The number of rotatable bonds is 4. The Morgan fingerprint density at radius 1 is 1.11 bits per heavy atom. The Labute approximate surface area is 170 Å². The van der Waals surface area contributed by atoms with Crippen LogP contribution >= 0.6 is 23.2 Å². The van der Waals surface area contributed by atoms with E-state index in [9.17, 15) is 18.0 Å². The zero-order valence-electron chi connectivity index (χ0n) is 14.7. The van der Waals surface area contributed by atoms with Gasteiger partial charge in [-0.2, -0.15) is 13.2 Å². The van der Waals surface area contributed by atoms with Gasteiger partial charge in [-0.3, -0.25) is 4.79 Å². The predicted octanol–water partition coefficient (Wildman–Crippen LogP) is 6.44. The number of alkyl halides is 3. The number of piperidine rings is 1. The molecule has 2 unspecified atom stereocenters. The molecule has 0 spiro atoms. The number of benzene rings is 2. The molecule has 28 heavy (non-hydrogen) atoms. The quantitative estimate of drug-likeness (QED) is 0.604. The number of aliphatic carboxylic acids is 1. The maximum absolute atomic E-state index is 12.9. The van der Waals surface area contributed by atoms with Gasteiger partial charge in [0.15, 0.2) is 0 Å². The molecule has 0 aromatic heterocycles. The van der Waals surface area contributed by atoms with Crippen LogP contribution < -0.4 is 4.90 Å². The van der Waals surface area contributed by atoms with Crippen molar-refractivity contribution in [2.75, 3.05) is 11.4 Å². The fraction of sp³-hybridized carbons (Fsp3) is 0.350. The minimum atomic E-state index is -4.41. The number of carboxylic acids is 1. The van der Waals surface area contributed by atoms with E-state index in [0.717, 1.165) is 17.8 Å². The molecule has 1 aliphatic heterocycles. The standard InChI is InChI=1S/C20H18Cl2F3NO2/c21-15-9-16(22)11-17(10-15)26-6-5-12(8-19(27)28)7-18(26)13-1-3-14(4-2-13)20(23,24)25/h1-4,9-12,18H,5-8H2,(H,27,28). The first-order chi connectivity index (χ1) is 13.1. The smallest absolute Gasteiger partial charge is 0.416 e. The summed E-state index contributed by atoms with van der Waals surface area (Å²) >= 11 is 12.2. The molecular formula is C20H18Cl2F3NO2. The zero-order chi connectivity index (χ0) is 20.5. The highest BCUT2D eigenvalue weighted by atomic mass is 35.5. The van der Waals surface area contributed by atoms with Crippen LogP contribution in [0.4, 0.5) is 18.9 Å². The monoisotopic (exact) mass is 431 g/mol. The Morgan fingerprint density at radius 2 is 1.71 bits per heavy atom. The minimum Gasteiger partial charge on any atom is -0.481 e. The molecular weight excluding hydrogens is 414 g/mol. The van der Waals surface area contributed by atoms with Gasteiger partial charge in [-0.05, 0) is 54.7 Å². The summed E-state index contributed by atoms with van der Waals surface area (Å²) in [5.41, 5.74) is 0.738. The molecule has 1 heterocycles. The third kappa shape index (κ3) is 4.92. The van der Waals surface area contributed by atoms with Crippen LogP contribution in [0.1, 0.15) is 36.4 Å². The van der Waals surface area contributed by atoms with Crippen molar-refractivity contribution in [3.63, 3.8) is 0 Å². The number of anilines is 1. The van der Waals surface area contributed by atoms with E-state index in [-0.39, 0.29) is 18.4 Å². The molecule has 2 aromatic rings. The Morgan fingerprint density at radius 3 is 2.25 bits per heavy atom. The van der Waals surface area contributed by atoms with Gasteiger partial charge in [0.05, 0.1) is 11.6 Å². The maximum Gasteiger partial charge on any atom is 0.416 e. The molecule has 1 aliphatic rings. The highest BCUT2D eigenvalue weighted by Gasteiger charge is 2.33. The van der Waals surface area contributed by atoms with Gasteiger partial charge in [-0.1, -0.05) is 35.3 Å². The minimum absolute atomic E-state index is 0.0290. The van der Waals surface area contributed by atoms with Gasteiger partial charge in [0, 0.05) is 28.7 Å². The van der Waals surface area contributed by atoms with Gasteiger partial charge in [0.2, 0.25) is 0 Å². The normalized spacial score (nSPS) is 20.2. The van der Waals surface area contributed by atoms with Gasteiger partial charge in [-0.15, -0.1) is 0 Å². The summed E-state index contributed by atoms with van der Waals surface area (Å²) < 4.78 is 38.7. The van der Waals surface area contributed by atoms with Crippen LogP contribution in [-0.4, -0.2) is 17.6 Å². The summed E-state index contributed by atoms with van der Waals surface area (Å²) in [4.78, 5) is 13.2. The summed E-state index contributed by atoms with van der Waals surface area (Å²) in [5, 5.41) is 10.0. The largest absolute Gasteiger partial charge is 0.481 e. The van der Waals surface area contributed by atoms with Crippen molar-refractivity contribution < 1.29 is 23.1 Å². The summed E-state index contributed by atoms with van der Waals surface area (Å²) in [6.07, 6.45) is -3.20. The van der Waals surface area contributed by atoms with E-state index in [0.29, 0.717) is 35.0 Å². The maximum atomic E-state index is 12.9. The molecule has 0 bridgehead atoms. The highest BCUT2D eigenvalue weighted by molar-refractivity contribution is 6.35. The number of carbonyl (C=O) groups is 1. The van der Waals surface area contributed by atoms with Crippen LogP contribution in [-0.2, 0) is 11.0 Å². The zero-order valence-corrected chi connectivity index (χ0v) is 16.2. The fourth-order valence-corrected chi connectivity index (χ4v) is 4.21. The van der Waals surface area contributed by atoms with Crippen molar-refractivity contribution in [3.8, 4) is 0 Å². The van der Waals surface area contributed by atoms with E-state index in [1.54, 1.807) is 18.2 Å². The van der Waals surface area contributed by atoms with E-state index in [1.807, 2.05) is 4.90 Å². The Kier molecular flexibility index (Phi) is 6.10. The van der Waals surface area contributed by atoms with Crippen molar-refractivity contribution in [2.45, 2.75) is 31.5 Å². The third-order valence-electron chi connectivity index (χ3n) is 4.98. The predicted molar refractivity (Wildman–Crippen MR) is 103 cm³/mol. The lowest BCUT2D eigenvalue weighted by Crippen LogP contribution is -2.37. The average molecular weight is 432 g/mol. The second-order valence-corrected chi connectivity index (χ2v) is 7.82. The molecule has 1 saturated heterocycles. The molecule has 2 aromatic carbocycles. The van der Waals surface area contributed by atoms with Gasteiger partial charge in [0.1, 0.15) is 0 Å². The molecule has 1 fully saturated rings. The molecule has 0 radical (unpaired) electrons. The third-order valence-corrected chi connectivity index (χ3v) is 5.41. The van der Waals surface area contributed by atoms with Crippen molar-refractivity contribution >= 4 is 34.9 Å². The molecule has 0 saturated carbocycles. The van der Waals surface area contributed by atoms with Crippen LogP contribution in [0.5, 0.6) is 0 Å². The SMILES string of the molecule is O=C(O)CC1CCN(c2cc(Cl)cc(Cl)c2)C(c2ccc(C(F)(F)F)cc2)C1. The second-order valence-electron chi connectivity index (χ2n) is 6.94. The number of halogens is 5. The molecule has 2 atom stereocenters. The number of carboxylic acid groups (broad SMARTS) is 1. The lowest BCUT2D eigenvalue weighted by molar-refractivity contribution is -0.139. The van der Waals surface area contributed by atoms with Gasteiger partial charge in [0.25, 0.3) is 0 Å². The topological polar surface area (TPSA) is 40.5 Å². The van der Waals surface area contributed by atoms with Crippen LogP contribution in [0.15, 0.2) is 42.5 Å². The van der Waals surface area contributed by atoms with Gasteiger partial charge >= 0.3 is 12.1 Å². The summed E-state index contributed by atoms with van der Waals surface area (Å²) in [7, 11) is 0. The highest BCUT2D eigenvalue weighted by Crippen LogP contribution is 2.41. The van der Waals surface area contributed by atoms with Crippen molar-refractivity contribution in [3.05, 3.63) is 63.6 Å². The van der Waals surface area contributed by atoms with E-state index in [2.05, 4.69) is 0 Å². The summed E-state index contributed by atoms with van der Waals surface area (Å²) in [5.74, 6) is -0.939. The van der Waals surface area contributed by atoms with E-state index < -0.39 is 17.7 Å². The molecule has 3 rings (SSSR count). The van der Waals surface area contributed by atoms with E-state index in [4.69, 9.17) is 28.3 Å². The summed E-state index contributed by atoms with van der Waals surface area (Å²) in [6, 6.07) is 9.86. The van der Waals surface area contributed by atoms with Crippen LogP contribution in [0.2, 0.25) is 10.0 Å². The van der Waals surface area contributed by atoms with Crippen LogP contribution in [0.3, 0.4) is 0 Å². The molecule has 1 N–H and O–H groups in total. The van der Waals surface area contributed by atoms with Gasteiger partial charge in [-0.25, -0.2) is 0 Å². The summed E-state index contributed by atoms with van der Waals surface area (Å²) in [6.45, 7) is 0.556. The molecule has 0 amide bonds. The molecule has 3 nitrogen and oxygen atoms in total. The number of hydrogen-bond donors (Lipinski definition) is 1. The fourth-order valence-electron chi connectivity index (χ4n) is 3.70. The van der Waals surface area contributed by atoms with Crippen molar-refractivity contribution in [1.29, 1.82) is 0 Å². The lowest BCUT2D eigenvalue weighted by atomic mass is 9.84.